The molecule has 1 aliphatic heterocycles. The summed E-state index contributed by atoms with van der Waals surface area (Å²) in [5.41, 5.74) is -0.450. The van der Waals surface area contributed by atoms with Crippen LogP contribution in [0.5, 0.6) is 0 Å². The zero-order valence-electron chi connectivity index (χ0n) is 11.1. The van der Waals surface area contributed by atoms with Gasteiger partial charge in [0.1, 0.15) is 6.29 Å². The zero-order chi connectivity index (χ0) is 12.9. The molecule has 0 spiro atoms. The van der Waals surface area contributed by atoms with Crippen LogP contribution in [0.2, 0.25) is 0 Å². The van der Waals surface area contributed by atoms with E-state index in [4.69, 9.17) is 4.84 Å². The Morgan fingerprint density at radius 3 is 2.41 bits per heavy atom. The summed E-state index contributed by atoms with van der Waals surface area (Å²) in [7, 11) is 0. The molecular formula is C13H23NO3. The molecule has 0 N–H and O–H groups in total. The van der Waals surface area contributed by atoms with E-state index in [1.807, 2.05) is 20.8 Å². The Labute approximate surface area is 103 Å². The summed E-state index contributed by atoms with van der Waals surface area (Å²) in [6.07, 6.45) is 4.60. The van der Waals surface area contributed by atoms with Gasteiger partial charge in [-0.25, -0.2) is 4.79 Å². The Bertz CT molecular complexity index is 262. The van der Waals surface area contributed by atoms with Crippen molar-refractivity contribution in [1.82, 2.24) is 5.06 Å². The molecule has 0 unspecified atom stereocenters. The minimum absolute atomic E-state index is 0.177. The molecule has 1 saturated heterocycles. The topological polar surface area (TPSA) is 46.6 Å². The molecular weight excluding hydrogens is 218 g/mol. The van der Waals surface area contributed by atoms with Gasteiger partial charge in [-0.3, -0.25) is 0 Å². The number of carbonyl (C=O) groups is 2. The molecule has 0 aromatic heterocycles. The molecule has 4 nitrogen and oxygen atoms in total. The first kappa shape index (κ1) is 14.2. The number of hydrogen-bond donors (Lipinski definition) is 0. The molecule has 0 amide bonds. The number of hydrogen-bond acceptors (Lipinski definition) is 4. The first-order valence-corrected chi connectivity index (χ1v) is 6.34. The molecule has 1 rings (SSSR count). The van der Waals surface area contributed by atoms with E-state index in [0.717, 1.165) is 38.6 Å². The maximum Gasteiger partial charge on any atom is 0.330 e. The van der Waals surface area contributed by atoms with Gasteiger partial charge in [-0.1, -0.05) is 0 Å². The standard InChI is InChI=1S/C13H23NO3/c1-13(2,3)12(16)17-14-8-6-11(7-9-14)5-4-10-15/h10-11H,4-9H2,1-3H3. The highest BCUT2D eigenvalue weighted by Gasteiger charge is 2.28. The van der Waals surface area contributed by atoms with Gasteiger partial charge in [0, 0.05) is 19.5 Å². The second-order valence-electron chi connectivity index (χ2n) is 5.75. The van der Waals surface area contributed by atoms with Crippen molar-refractivity contribution in [2.24, 2.45) is 11.3 Å². The molecule has 98 valence electrons. The van der Waals surface area contributed by atoms with Crippen LogP contribution in [0.3, 0.4) is 0 Å². The molecule has 0 aliphatic carbocycles. The van der Waals surface area contributed by atoms with Crippen LogP contribution in [0.25, 0.3) is 0 Å². The van der Waals surface area contributed by atoms with Gasteiger partial charge in [0.25, 0.3) is 0 Å². The quantitative estimate of drug-likeness (QED) is 0.708. The fraction of sp³-hybridized carbons (Fsp3) is 0.846. The molecule has 1 fully saturated rings. The first-order valence-electron chi connectivity index (χ1n) is 6.34. The molecule has 0 atom stereocenters. The maximum absolute atomic E-state index is 11.7. The smallest absolute Gasteiger partial charge is 0.330 e. The number of nitrogens with zero attached hydrogens (tertiary/aromatic N) is 1. The Morgan fingerprint density at radius 1 is 1.35 bits per heavy atom. The highest BCUT2D eigenvalue weighted by molar-refractivity contribution is 5.75. The van der Waals surface area contributed by atoms with E-state index < -0.39 is 5.41 Å². The normalized spacial score (nSPS) is 19.0. The van der Waals surface area contributed by atoms with Crippen molar-refractivity contribution in [1.29, 1.82) is 0 Å². The fourth-order valence-corrected chi connectivity index (χ4v) is 1.85. The number of rotatable bonds is 4. The number of carbonyl (C=O) groups excluding carboxylic acids is 2. The van der Waals surface area contributed by atoms with Gasteiger partial charge < -0.3 is 9.63 Å². The number of aldehydes is 1. The summed E-state index contributed by atoms with van der Waals surface area (Å²) in [6, 6.07) is 0. The van der Waals surface area contributed by atoms with E-state index in [9.17, 15) is 9.59 Å². The summed E-state index contributed by atoms with van der Waals surface area (Å²) in [6.45, 7) is 7.13. The second kappa shape index (κ2) is 6.15. The van der Waals surface area contributed by atoms with Gasteiger partial charge in [-0.2, -0.15) is 0 Å². The van der Waals surface area contributed by atoms with E-state index in [-0.39, 0.29) is 5.97 Å². The van der Waals surface area contributed by atoms with Crippen molar-refractivity contribution in [3.05, 3.63) is 0 Å². The van der Waals surface area contributed by atoms with Gasteiger partial charge in [-0.05, 0) is 46.0 Å². The van der Waals surface area contributed by atoms with Crippen LogP contribution < -0.4 is 0 Å². The average molecular weight is 241 g/mol. The molecule has 0 bridgehead atoms. The summed E-state index contributed by atoms with van der Waals surface area (Å²) in [5, 5.41) is 1.75. The first-order chi connectivity index (χ1) is 7.93. The van der Waals surface area contributed by atoms with Gasteiger partial charge in [0.05, 0.1) is 5.41 Å². The Balaban J connectivity index is 2.28. The molecule has 0 aromatic rings. The highest BCUT2D eigenvalue weighted by atomic mass is 16.7. The Hall–Kier alpha value is -0.900. The lowest BCUT2D eigenvalue weighted by Gasteiger charge is -2.31. The minimum atomic E-state index is -0.450. The number of hydroxylamine groups is 2. The molecule has 4 heteroatoms. The van der Waals surface area contributed by atoms with Crippen LogP contribution in [0.4, 0.5) is 0 Å². The van der Waals surface area contributed by atoms with Crippen LogP contribution in [0.1, 0.15) is 46.5 Å². The average Bonchev–Trinajstić information content (AvgIpc) is 2.27. The van der Waals surface area contributed by atoms with Gasteiger partial charge in [0.15, 0.2) is 0 Å². The van der Waals surface area contributed by atoms with Crippen molar-refractivity contribution in [3.63, 3.8) is 0 Å². The maximum atomic E-state index is 11.7. The molecule has 17 heavy (non-hydrogen) atoms. The predicted octanol–water partition coefficient (Wildman–Crippen LogP) is 2.18. The van der Waals surface area contributed by atoms with Crippen molar-refractivity contribution in [2.75, 3.05) is 13.1 Å². The molecule has 0 saturated carbocycles. The third-order valence-corrected chi connectivity index (χ3v) is 3.09. The third-order valence-electron chi connectivity index (χ3n) is 3.09. The van der Waals surface area contributed by atoms with E-state index in [0.29, 0.717) is 12.3 Å². The third kappa shape index (κ3) is 4.86. The highest BCUT2D eigenvalue weighted by Crippen LogP contribution is 2.23. The van der Waals surface area contributed by atoms with Gasteiger partial charge in [-0.15, -0.1) is 5.06 Å². The van der Waals surface area contributed by atoms with Crippen LogP contribution in [-0.2, 0) is 14.4 Å². The molecule has 1 heterocycles. The van der Waals surface area contributed by atoms with E-state index in [1.54, 1.807) is 5.06 Å². The van der Waals surface area contributed by atoms with E-state index in [1.165, 1.54) is 0 Å². The number of piperidine rings is 1. The second-order valence-corrected chi connectivity index (χ2v) is 5.75. The van der Waals surface area contributed by atoms with Crippen molar-refractivity contribution in [2.45, 2.75) is 46.5 Å². The lowest BCUT2D eigenvalue weighted by molar-refractivity contribution is -0.206. The molecule has 0 radical (unpaired) electrons. The lowest BCUT2D eigenvalue weighted by Crippen LogP contribution is -2.38. The summed E-state index contributed by atoms with van der Waals surface area (Å²) in [5.74, 6) is 0.425. The molecule has 0 aromatic carbocycles. The van der Waals surface area contributed by atoms with E-state index in [2.05, 4.69) is 0 Å². The summed E-state index contributed by atoms with van der Waals surface area (Å²) >= 11 is 0. The van der Waals surface area contributed by atoms with Crippen LogP contribution in [-0.4, -0.2) is 30.4 Å². The van der Waals surface area contributed by atoms with Gasteiger partial charge in [0.2, 0.25) is 0 Å². The summed E-state index contributed by atoms with van der Waals surface area (Å²) < 4.78 is 0. The SMILES string of the molecule is CC(C)(C)C(=O)ON1CCC(CCC=O)CC1. The van der Waals surface area contributed by atoms with Crippen molar-refractivity contribution < 1.29 is 14.4 Å². The summed E-state index contributed by atoms with van der Waals surface area (Å²) in [4.78, 5) is 27.3. The van der Waals surface area contributed by atoms with Crippen LogP contribution >= 0.6 is 0 Å². The van der Waals surface area contributed by atoms with Crippen LogP contribution in [0, 0.1) is 11.3 Å². The Morgan fingerprint density at radius 2 is 1.94 bits per heavy atom. The minimum Gasteiger partial charge on any atom is -0.367 e. The Kier molecular flexibility index (Phi) is 5.12. The van der Waals surface area contributed by atoms with Crippen molar-refractivity contribution in [3.8, 4) is 0 Å². The zero-order valence-corrected chi connectivity index (χ0v) is 11.1. The fourth-order valence-electron chi connectivity index (χ4n) is 1.85. The van der Waals surface area contributed by atoms with Gasteiger partial charge >= 0.3 is 5.97 Å². The van der Waals surface area contributed by atoms with E-state index >= 15 is 0 Å². The van der Waals surface area contributed by atoms with Crippen molar-refractivity contribution >= 4 is 12.3 Å². The molecule has 1 aliphatic rings. The largest absolute Gasteiger partial charge is 0.367 e. The lowest BCUT2D eigenvalue weighted by atomic mass is 9.93. The monoisotopic (exact) mass is 241 g/mol. The predicted molar refractivity (Wildman–Crippen MR) is 65.1 cm³/mol. The van der Waals surface area contributed by atoms with Crippen LogP contribution in [0.15, 0.2) is 0 Å².